The summed E-state index contributed by atoms with van der Waals surface area (Å²) in [6, 6.07) is 3.66. The largest absolute Gasteiger partial charge is 0.481 e. The number of aliphatic hydroxyl groups is 1. The molecule has 3 rings (SSSR count). The molecule has 0 aliphatic rings. The molecule has 0 bridgehead atoms. The van der Waals surface area contributed by atoms with Crippen molar-refractivity contribution in [3.63, 3.8) is 0 Å². The normalized spacial score (nSPS) is 12.3. The molecule has 0 aliphatic carbocycles. The Morgan fingerprint density at radius 2 is 1.70 bits per heavy atom. The van der Waals surface area contributed by atoms with Crippen LogP contribution in [0.15, 0.2) is 30.7 Å². The minimum absolute atomic E-state index is 0.151. The fourth-order valence-electron chi connectivity index (χ4n) is 2.75. The van der Waals surface area contributed by atoms with Crippen molar-refractivity contribution in [1.82, 2.24) is 19.9 Å². The quantitative estimate of drug-likeness (QED) is 0.726. The fourth-order valence-corrected chi connectivity index (χ4v) is 2.75. The lowest BCUT2D eigenvalue weighted by molar-refractivity contribution is 0.0798. The summed E-state index contributed by atoms with van der Waals surface area (Å²) in [5.74, 6) is 2.48. The van der Waals surface area contributed by atoms with E-state index < -0.39 is 5.60 Å². The van der Waals surface area contributed by atoms with Gasteiger partial charge in [-0.3, -0.25) is 0 Å². The van der Waals surface area contributed by atoms with Gasteiger partial charge in [-0.15, -0.1) is 0 Å². The molecule has 0 unspecified atom stereocenters. The summed E-state index contributed by atoms with van der Waals surface area (Å²) < 4.78 is 5.33. The zero-order valence-corrected chi connectivity index (χ0v) is 16.5. The summed E-state index contributed by atoms with van der Waals surface area (Å²) in [6.07, 6.45) is 5.05. The van der Waals surface area contributed by atoms with Gasteiger partial charge in [0.1, 0.15) is 17.5 Å². The van der Waals surface area contributed by atoms with E-state index in [1.165, 1.54) is 0 Å². The van der Waals surface area contributed by atoms with Gasteiger partial charge in [0.05, 0.1) is 18.1 Å². The van der Waals surface area contributed by atoms with Gasteiger partial charge in [-0.1, -0.05) is 20.8 Å². The van der Waals surface area contributed by atoms with E-state index in [0.29, 0.717) is 23.1 Å². The fraction of sp³-hybridized carbons (Fsp3) is 0.400. The third kappa shape index (κ3) is 3.98. The van der Waals surface area contributed by atoms with Gasteiger partial charge in [-0.2, -0.15) is 0 Å². The number of hydrogen-bond acceptors (Lipinski definition) is 7. The van der Waals surface area contributed by atoms with E-state index in [9.17, 15) is 5.11 Å². The summed E-state index contributed by atoms with van der Waals surface area (Å²) >= 11 is 0. The van der Waals surface area contributed by atoms with Gasteiger partial charge in [-0.25, -0.2) is 19.9 Å². The van der Waals surface area contributed by atoms with E-state index in [2.05, 4.69) is 46.0 Å². The topological polar surface area (TPSA) is 93.1 Å². The molecule has 142 valence electrons. The van der Waals surface area contributed by atoms with Gasteiger partial charge in [-0.05, 0) is 31.4 Å². The highest BCUT2D eigenvalue weighted by molar-refractivity contribution is 5.91. The molecule has 0 saturated carbocycles. The van der Waals surface area contributed by atoms with Gasteiger partial charge >= 0.3 is 0 Å². The standard InChI is InChI=1S/C20H25N5O2/c1-19(2,3)18-21-8-7-15(25-18)24-16-9-12-13(10-22-16)17(27-6)23-11-14(12)20(4,5)26/h7-11,26H,1-6H3,(H,21,22,24,25). The van der Waals surface area contributed by atoms with Crippen molar-refractivity contribution in [2.75, 3.05) is 12.4 Å². The molecule has 0 atom stereocenters. The maximum Gasteiger partial charge on any atom is 0.222 e. The second kappa shape index (κ2) is 6.74. The average molecular weight is 367 g/mol. The SMILES string of the molecule is COc1ncc(C(C)(C)O)c2cc(Nc3ccnc(C(C)(C)C)n3)ncc12. The van der Waals surface area contributed by atoms with E-state index >= 15 is 0 Å². The number of nitrogens with zero attached hydrogens (tertiary/aromatic N) is 4. The molecular weight excluding hydrogens is 342 g/mol. The third-order valence-corrected chi connectivity index (χ3v) is 4.17. The smallest absolute Gasteiger partial charge is 0.222 e. The van der Waals surface area contributed by atoms with Crippen LogP contribution in [0, 0.1) is 0 Å². The van der Waals surface area contributed by atoms with E-state index in [1.54, 1.807) is 45.6 Å². The highest BCUT2D eigenvalue weighted by atomic mass is 16.5. The number of anilines is 2. The van der Waals surface area contributed by atoms with Crippen molar-refractivity contribution in [3.05, 3.63) is 42.1 Å². The lowest BCUT2D eigenvalue weighted by Gasteiger charge is -2.21. The Kier molecular flexibility index (Phi) is 4.73. The predicted octanol–water partition coefficient (Wildman–Crippen LogP) is 3.70. The first kappa shape index (κ1) is 19.0. The molecule has 7 nitrogen and oxygen atoms in total. The van der Waals surface area contributed by atoms with Crippen LogP contribution in [0.2, 0.25) is 0 Å². The van der Waals surface area contributed by atoms with Gasteiger partial charge in [0.2, 0.25) is 5.88 Å². The van der Waals surface area contributed by atoms with Crippen LogP contribution < -0.4 is 10.1 Å². The first-order chi connectivity index (χ1) is 12.6. The van der Waals surface area contributed by atoms with Crippen LogP contribution in [0.3, 0.4) is 0 Å². The average Bonchev–Trinajstić information content (AvgIpc) is 2.59. The molecular formula is C20H25N5O2. The number of fused-ring (bicyclic) bond motifs is 1. The van der Waals surface area contributed by atoms with Crippen LogP contribution in [0.4, 0.5) is 11.6 Å². The highest BCUT2D eigenvalue weighted by Gasteiger charge is 2.22. The van der Waals surface area contributed by atoms with Gasteiger partial charge < -0.3 is 15.2 Å². The Hall–Kier alpha value is -2.80. The van der Waals surface area contributed by atoms with Gasteiger partial charge in [0.15, 0.2) is 0 Å². The molecule has 0 amide bonds. The highest BCUT2D eigenvalue weighted by Crippen LogP contribution is 2.33. The molecule has 27 heavy (non-hydrogen) atoms. The van der Waals surface area contributed by atoms with Crippen molar-refractivity contribution in [3.8, 4) is 5.88 Å². The Balaban J connectivity index is 2.06. The molecule has 3 aromatic rings. The number of rotatable bonds is 4. The number of hydrogen-bond donors (Lipinski definition) is 2. The minimum Gasteiger partial charge on any atom is -0.481 e. The van der Waals surface area contributed by atoms with Crippen LogP contribution in [-0.2, 0) is 11.0 Å². The van der Waals surface area contributed by atoms with E-state index in [-0.39, 0.29) is 5.41 Å². The summed E-state index contributed by atoms with van der Waals surface area (Å²) in [5.41, 5.74) is -0.506. The lowest BCUT2D eigenvalue weighted by atomic mass is 9.95. The van der Waals surface area contributed by atoms with E-state index in [4.69, 9.17) is 4.74 Å². The maximum absolute atomic E-state index is 10.5. The Bertz CT molecular complexity index is 974. The van der Waals surface area contributed by atoms with Crippen molar-refractivity contribution in [1.29, 1.82) is 0 Å². The maximum atomic E-state index is 10.5. The van der Waals surface area contributed by atoms with Crippen LogP contribution >= 0.6 is 0 Å². The van der Waals surface area contributed by atoms with Crippen LogP contribution in [-0.4, -0.2) is 32.2 Å². The molecule has 0 aliphatic heterocycles. The predicted molar refractivity (Wildman–Crippen MR) is 105 cm³/mol. The van der Waals surface area contributed by atoms with Crippen molar-refractivity contribution in [2.24, 2.45) is 0 Å². The first-order valence-corrected chi connectivity index (χ1v) is 8.76. The molecule has 0 fully saturated rings. The van der Waals surface area contributed by atoms with Crippen molar-refractivity contribution < 1.29 is 9.84 Å². The molecule has 3 aromatic heterocycles. The summed E-state index contributed by atoms with van der Waals surface area (Å²) in [7, 11) is 1.56. The second-order valence-electron chi connectivity index (χ2n) is 8.00. The molecule has 0 aromatic carbocycles. The Morgan fingerprint density at radius 3 is 2.33 bits per heavy atom. The lowest BCUT2D eigenvalue weighted by Crippen LogP contribution is -2.17. The molecule has 0 radical (unpaired) electrons. The van der Waals surface area contributed by atoms with Gasteiger partial charge in [0, 0.05) is 29.6 Å². The van der Waals surface area contributed by atoms with Crippen LogP contribution in [0.5, 0.6) is 5.88 Å². The van der Waals surface area contributed by atoms with E-state index in [0.717, 1.165) is 16.6 Å². The summed E-state index contributed by atoms with van der Waals surface area (Å²) in [5, 5.41) is 15.3. The summed E-state index contributed by atoms with van der Waals surface area (Å²) in [4.78, 5) is 17.7. The van der Waals surface area contributed by atoms with Crippen LogP contribution in [0.1, 0.15) is 46.0 Å². The Morgan fingerprint density at radius 1 is 0.963 bits per heavy atom. The number of nitrogens with one attached hydrogen (secondary N) is 1. The molecule has 3 heterocycles. The summed E-state index contributed by atoms with van der Waals surface area (Å²) in [6.45, 7) is 9.65. The molecule has 2 N–H and O–H groups in total. The number of methoxy groups -OCH3 is 1. The van der Waals surface area contributed by atoms with Crippen molar-refractivity contribution in [2.45, 2.75) is 45.6 Å². The monoisotopic (exact) mass is 367 g/mol. The number of pyridine rings is 2. The Labute approximate surface area is 158 Å². The van der Waals surface area contributed by atoms with Crippen LogP contribution in [0.25, 0.3) is 10.8 Å². The van der Waals surface area contributed by atoms with Gasteiger partial charge in [0.25, 0.3) is 0 Å². The minimum atomic E-state index is -1.05. The van der Waals surface area contributed by atoms with E-state index in [1.807, 2.05) is 6.07 Å². The molecule has 0 saturated heterocycles. The second-order valence-corrected chi connectivity index (χ2v) is 8.00. The first-order valence-electron chi connectivity index (χ1n) is 8.76. The third-order valence-electron chi connectivity index (χ3n) is 4.17. The zero-order valence-electron chi connectivity index (χ0n) is 16.5. The van der Waals surface area contributed by atoms with Crippen molar-refractivity contribution >= 4 is 22.4 Å². The number of ether oxygens (including phenoxy) is 1. The molecule has 7 heteroatoms. The number of aromatic nitrogens is 4. The zero-order chi connectivity index (χ0) is 19.8. The molecule has 0 spiro atoms.